The zero-order chi connectivity index (χ0) is 15.0. The van der Waals surface area contributed by atoms with Crippen molar-refractivity contribution in [3.8, 4) is 0 Å². The fourth-order valence-corrected chi connectivity index (χ4v) is 3.44. The van der Waals surface area contributed by atoms with Crippen LogP contribution in [0.25, 0.3) is 10.9 Å². The highest BCUT2D eigenvalue weighted by Crippen LogP contribution is 2.22. The van der Waals surface area contributed by atoms with Crippen molar-refractivity contribution in [3.63, 3.8) is 0 Å². The van der Waals surface area contributed by atoms with Gasteiger partial charge < -0.3 is 9.88 Å². The Balaban J connectivity index is 1.73. The van der Waals surface area contributed by atoms with Crippen LogP contribution < -0.4 is 0 Å². The molecule has 2 atom stereocenters. The summed E-state index contributed by atoms with van der Waals surface area (Å²) in [5.41, 5.74) is 1.84. The molecule has 112 valence electrons. The topological polar surface area (TPSA) is 39.3 Å². The lowest BCUT2D eigenvalue weighted by Gasteiger charge is -2.22. The number of carbonyl (C=O) groups is 1. The number of aromatic nitrogens is 1. The quantitative estimate of drug-likeness (QED) is 0.876. The monoisotopic (exact) mass is 285 g/mol. The van der Waals surface area contributed by atoms with Gasteiger partial charge in [0.25, 0.3) is 0 Å². The first-order valence-electron chi connectivity index (χ1n) is 7.54. The Kier molecular flexibility index (Phi) is 3.83. The maximum absolute atomic E-state index is 12.6. The molecule has 3 rings (SSSR count). The average molecular weight is 285 g/mol. The maximum Gasteiger partial charge on any atom is 0.178 e. The molecule has 0 radical (unpaired) electrons. The highest BCUT2D eigenvalue weighted by Gasteiger charge is 2.32. The fraction of sp³-hybridized carbons (Fsp3) is 0.471. The number of hydrogen-bond acceptors (Lipinski definition) is 3. The zero-order valence-corrected chi connectivity index (χ0v) is 13.0. The number of nitrogens with one attached hydrogen (secondary N) is 1. The van der Waals surface area contributed by atoms with Gasteiger partial charge in [-0.15, -0.1) is 0 Å². The second-order valence-electron chi connectivity index (χ2n) is 6.37. The van der Waals surface area contributed by atoms with Crippen molar-refractivity contribution in [1.29, 1.82) is 0 Å². The predicted octanol–water partition coefficient (Wildman–Crippen LogP) is 2.23. The molecule has 1 aliphatic rings. The molecule has 21 heavy (non-hydrogen) atoms. The van der Waals surface area contributed by atoms with Gasteiger partial charge in [-0.3, -0.25) is 9.69 Å². The molecule has 4 heteroatoms. The number of aromatic amines is 1. The van der Waals surface area contributed by atoms with Crippen molar-refractivity contribution < 1.29 is 4.79 Å². The van der Waals surface area contributed by atoms with Gasteiger partial charge in [0.05, 0.1) is 6.54 Å². The molecule has 1 aromatic carbocycles. The molecular formula is C17H23N3O. The van der Waals surface area contributed by atoms with E-state index in [0.717, 1.165) is 29.6 Å². The maximum atomic E-state index is 12.6. The Bertz CT molecular complexity index is 646. The minimum Gasteiger partial charge on any atom is -0.360 e. The Hall–Kier alpha value is -1.65. The van der Waals surface area contributed by atoms with Crippen molar-refractivity contribution in [2.24, 2.45) is 5.92 Å². The largest absolute Gasteiger partial charge is 0.360 e. The second kappa shape index (κ2) is 5.62. The van der Waals surface area contributed by atoms with Gasteiger partial charge in [0.2, 0.25) is 0 Å². The minimum absolute atomic E-state index is 0.207. The number of carbonyl (C=O) groups excluding carboxylic acids is 1. The van der Waals surface area contributed by atoms with E-state index in [1.165, 1.54) is 0 Å². The number of Topliss-reactive ketones (excluding diaryl/α,β-unsaturated/α-hetero) is 1. The number of ketones is 1. The second-order valence-corrected chi connectivity index (χ2v) is 6.37. The number of likely N-dealkylation sites (N-methyl/N-ethyl adjacent to an activating group) is 1. The third kappa shape index (κ3) is 2.74. The molecule has 0 aliphatic carbocycles. The molecule has 1 aromatic heterocycles. The third-order valence-corrected chi connectivity index (χ3v) is 4.57. The number of H-pyrrole nitrogens is 1. The van der Waals surface area contributed by atoms with E-state index in [-0.39, 0.29) is 5.78 Å². The van der Waals surface area contributed by atoms with Gasteiger partial charge in [-0.25, -0.2) is 0 Å². The molecule has 0 bridgehead atoms. The van der Waals surface area contributed by atoms with Crippen LogP contribution in [-0.2, 0) is 0 Å². The lowest BCUT2D eigenvalue weighted by molar-refractivity contribution is 0.0942. The summed E-state index contributed by atoms with van der Waals surface area (Å²) in [4.78, 5) is 20.3. The molecular weight excluding hydrogens is 262 g/mol. The van der Waals surface area contributed by atoms with Crippen molar-refractivity contribution in [3.05, 3.63) is 36.0 Å². The molecule has 2 heterocycles. The van der Waals surface area contributed by atoms with Crippen LogP contribution in [0.5, 0.6) is 0 Å². The van der Waals surface area contributed by atoms with Crippen molar-refractivity contribution in [2.75, 3.05) is 33.7 Å². The van der Waals surface area contributed by atoms with E-state index in [2.05, 4.69) is 35.8 Å². The molecule has 1 N–H and O–H groups in total. The summed E-state index contributed by atoms with van der Waals surface area (Å²) in [6, 6.07) is 8.52. The van der Waals surface area contributed by atoms with E-state index in [1.54, 1.807) is 0 Å². The minimum atomic E-state index is 0.207. The van der Waals surface area contributed by atoms with Crippen molar-refractivity contribution in [2.45, 2.75) is 13.0 Å². The van der Waals surface area contributed by atoms with Gasteiger partial charge >= 0.3 is 0 Å². The van der Waals surface area contributed by atoms with Gasteiger partial charge in [0.1, 0.15) is 0 Å². The number of para-hydroxylation sites is 1. The molecule has 4 nitrogen and oxygen atoms in total. The molecule has 1 fully saturated rings. The van der Waals surface area contributed by atoms with Crippen LogP contribution in [0.2, 0.25) is 0 Å². The normalized spacial score (nSPS) is 23.2. The van der Waals surface area contributed by atoms with Crippen LogP contribution in [0.3, 0.4) is 0 Å². The summed E-state index contributed by atoms with van der Waals surface area (Å²) in [5, 5.41) is 1.03. The van der Waals surface area contributed by atoms with E-state index in [0.29, 0.717) is 18.5 Å². The predicted molar refractivity (Wildman–Crippen MR) is 85.7 cm³/mol. The number of hydrogen-bond donors (Lipinski definition) is 1. The molecule has 0 spiro atoms. The standard InChI is InChI=1S/C17H23N3O/c1-12-9-20(10-16(12)19(2)3)11-17(21)14-8-18-15-7-5-4-6-13(14)15/h4-8,12,16,18H,9-11H2,1-3H3. The summed E-state index contributed by atoms with van der Waals surface area (Å²) in [7, 11) is 4.23. The van der Waals surface area contributed by atoms with E-state index in [1.807, 2.05) is 30.5 Å². The van der Waals surface area contributed by atoms with Gasteiger partial charge in [-0.2, -0.15) is 0 Å². The van der Waals surface area contributed by atoms with Crippen LogP contribution in [0.1, 0.15) is 17.3 Å². The molecule has 0 saturated carbocycles. The molecule has 1 saturated heterocycles. The number of rotatable bonds is 4. The van der Waals surface area contributed by atoms with E-state index in [9.17, 15) is 4.79 Å². The van der Waals surface area contributed by atoms with E-state index < -0.39 is 0 Å². The lowest BCUT2D eigenvalue weighted by Crippen LogP contribution is -2.35. The number of benzene rings is 1. The first-order chi connectivity index (χ1) is 10.1. The molecule has 1 aliphatic heterocycles. The Morgan fingerprint density at radius 1 is 1.33 bits per heavy atom. The summed E-state index contributed by atoms with van der Waals surface area (Å²) in [6.45, 7) is 4.75. The number of nitrogens with zero attached hydrogens (tertiary/aromatic N) is 2. The van der Waals surface area contributed by atoms with Crippen molar-refractivity contribution >= 4 is 16.7 Å². The summed E-state index contributed by atoms with van der Waals surface area (Å²) in [6.07, 6.45) is 1.84. The highest BCUT2D eigenvalue weighted by atomic mass is 16.1. The first kappa shape index (κ1) is 14.3. The SMILES string of the molecule is CC1CN(CC(=O)c2c[nH]c3ccccc23)CC1N(C)C. The van der Waals surface area contributed by atoms with Gasteiger partial charge in [-0.05, 0) is 26.1 Å². The van der Waals surface area contributed by atoms with E-state index in [4.69, 9.17) is 0 Å². The van der Waals surface area contributed by atoms with Crippen LogP contribution in [0.15, 0.2) is 30.5 Å². The average Bonchev–Trinajstić information content (AvgIpc) is 3.02. The van der Waals surface area contributed by atoms with Crippen LogP contribution in [0.4, 0.5) is 0 Å². The summed E-state index contributed by atoms with van der Waals surface area (Å²) >= 11 is 0. The van der Waals surface area contributed by atoms with Crippen molar-refractivity contribution in [1.82, 2.24) is 14.8 Å². The number of fused-ring (bicyclic) bond motifs is 1. The summed E-state index contributed by atoms with van der Waals surface area (Å²) < 4.78 is 0. The van der Waals surface area contributed by atoms with Crippen LogP contribution >= 0.6 is 0 Å². The van der Waals surface area contributed by atoms with E-state index >= 15 is 0 Å². The van der Waals surface area contributed by atoms with Gasteiger partial charge in [0.15, 0.2) is 5.78 Å². The molecule has 2 aromatic rings. The molecule has 2 unspecified atom stereocenters. The Morgan fingerprint density at radius 2 is 2.10 bits per heavy atom. The zero-order valence-electron chi connectivity index (χ0n) is 13.0. The van der Waals surface area contributed by atoms with Crippen LogP contribution in [-0.4, -0.2) is 60.3 Å². The Labute approximate surface area is 125 Å². The smallest absolute Gasteiger partial charge is 0.178 e. The lowest BCUT2D eigenvalue weighted by atomic mass is 10.1. The Morgan fingerprint density at radius 3 is 2.81 bits per heavy atom. The third-order valence-electron chi connectivity index (χ3n) is 4.57. The summed E-state index contributed by atoms with van der Waals surface area (Å²) in [5.74, 6) is 0.815. The highest BCUT2D eigenvalue weighted by molar-refractivity contribution is 6.08. The first-order valence-corrected chi connectivity index (χ1v) is 7.54. The van der Waals surface area contributed by atoms with Crippen LogP contribution in [0, 0.1) is 5.92 Å². The fourth-order valence-electron chi connectivity index (χ4n) is 3.44. The van der Waals surface area contributed by atoms with Gasteiger partial charge in [0, 0.05) is 41.8 Å². The molecule has 0 amide bonds. The van der Waals surface area contributed by atoms with Gasteiger partial charge in [-0.1, -0.05) is 25.1 Å². The number of likely N-dealkylation sites (tertiary alicyclic amines) is 1.